The van der Waals surface area contributed by atoms with Crippen LogP contribution in [0.4, 0.5) is 5.13 Å². The van der Waals surface area contributed by atoms with Crippen LogP contribution in [0.2, 0.25) is 5.15 Å². The van der Waals surface area contributed by atoms with Crippen molar-refractivity contribution in [3.8, 4) is 0 Å². The average molecular weight is 484 g/mol. The highest BCUT2D eigenvalue weighted by Gasteiger charge is 2.34. The molecular formula is C20H26ClN5O5S. The number of amides is 1. The van der Waals surface area contributed by atoms with Crippen molar-refractivity contribution in [3.05, 3.63) is 27.2 Å². The number of piperidine rings is 1. The van der Waals surface area contributed by atoms with Crippen molar-refractivity contribution < 1.29 is 24.2 Å². The Bertz CT molecular complexity index is 1010. The van der Waals surface area contributed by atoms with Gasteiger partial charge in [0.05, 0.1) is 17.8 Å². The summed E-state index contributed by atoms with van der Waals surface area (Å²) in [5, 5.41) is 13.2. The van der Waals surface area contributed by atoms with Crippen molar-refractivity contribution in [1.82, 2.24) is 20.3 Å². The fraction of sp³-hybridized carbons (Fsp3) is 0.550. The number of rotatable bonds is 9. The summed E-state index contributed by atoms with van der Waals surface area (Å²) in [6.07, 6.45) is 1.00. The number of carbonyl (C=O) groups excluding carboxylic acids is 2. The molecule has 10 nitrogen and oxygen atoms in total. The molecule has 0 aromatic carbocycles. The maximum absolute atomic E-state index is 12.7. The van der Waals surface area contributed by atoms with Gasteiger partial charge in [-0.1, -0.05) is 36.8 Å². The summed E-state index contributed by atoms with van der Waals surface area (Å²) in [4.78, 5) is 49.6. The van der Waals surface area contributed by atoms with E-state index in [0.717, 1.165) is 11.3 Å². The molecule has 32 heavy (non-hydrogen) atoms. The van der Waals surface area contributed by atoms with Crippen molar-refractivity contribution in [2.75, 3.05) is 24.6 Å². The van der Waals surface area contributed by atoms with Gasteiger partial charge in [0.1, 0.15) is 10.6 Å². The molecule has 0 spiro atoms. The van der Waals surface area contributed by atoms with Gasteiger partial charge in [0.2, 0.25) is 0 Å². The number of aromatic amines is 1. The van der Waals surface area contributed by atoms with Crippen LogP contribution in [-0.2, 0) is 11.2 Å². The number of Topliss-reactive ketones (excluding diaryl/α,β-unsaturated/α-hetero) is 1. The first kappa shape index (κ1) is 24.1. The van der Waals surface area contributed by atoms with Crippen LogP contribution >= 0.6 is 22.9 Å². The molecule has 2 atom stereocenters. The van der Waals surface area contributed by atoms with Crippen molar-refractivity contribution >= 4 is 45.7 Å². The van der Waals surface area contributed by atoms with Gasteiger partial charge in [-0.2, -0.15) is 0 Å². The number of ether oxygens (including phenoxy) is 1. The number of halogens is 1. The number of imidazole rings is 1. The lowest BCUT2D eigenvalue weighted by atomic mass is 10.0. The molecule has 3 heterocycles. The van der Waals surface area contributed by atoms with Crippen LogP contribution in [0.5, 0.6) is 0 Å². The zero-order chi connectivity index (χ0) is 23.4. The normalized spacial score (nSPS) is 18.6. The molecule has 0 saturated carbocycles. The molecule has 1 fully saturated rings. The van der Waals surface area contributed by atoms with E-state index in [0.29, 0.717) is 43.4 Å². The van der Waals surface area contributed by atoms with Crippen LogP contribution in [0.15, 0.2) is 0 Å². The third-order valence-corrected chi connectivity index (χ3v) is 6.64. The van der Waals surface area contributed by atoms with E-state index in [2.05, 4.69) is 20.3 Å². The molecule has 0 bridgehead atoms. The summed E-state index contributed by atoms with van der Waals surface area (Å²) in [6.45, 7) is 6.79. The molecule has 0 unspecified atom stereocenters. The highest BCUT2D eigenvalue weighted by atomic mass is 35.5. The number of aromatic nitrogens is 3. The highest BCUT2D eigenvalue weighted by molar-refractivity contribution is 7.17. The number of ketones is 1. The number of hydrogen-bond acceptors (Lipinski definition) is 8. The third-order valence-electron chi connectivity index (χ3n) is 5.22. The minimum Gasteiger partial charge on any atom is -0.477 e. The van der Waals surface area contributed by atoms with Crippen LogP contribution in [0.25, 0.3) is 0 Å². The zero-order valence-corrected chi connectivity index (χ0v) is 19.7. The Balaban J connectivity index is 1.75. The van der Waals surface area contributed by atoms with Gasteiger partial charge in [0.15, 0.2) is 21.9 Å². The number of H-pyrrole nitrogens is 1. The number of carboxylic acid groups (broad SMARTS) is 1. The van der Waals surface area contributed by atoms with Gasteiger partial charge < -0.3 is 25.0 Å². The fourth-order valence-corrected chi connectivity index (χ4v) is 4.77. The Kier molecular flexibility index (Phi) is 7.86. The van der Waals surface area contributed by atoms with Crippen LogP contribution in [0, 0.1) is 0 Å². The van der Waals surface area contributed by atoms with Crippen LogP contribution in [0.1, 0.15) is 70.1 Å². The van der Waals surface area contributed by atoms with Crippen LogP contribution in [-0.4, -0.2) is 69.6 Å². The predicted molar refractivity (Wildman–Crippen MR) is 120 cm³/mol. The molecule has 1 amide bonds. The number of carboxylic acids is 1. The first-order valence-corrected chi connectivity index (χ1v) is 11.7. The maximum atomic E-state index is 12.7. The van der Waals surface area contributed by atoms with E-state index in [1.54, 1.807) is 6.92 Å². The molecular weight excluding hydrogens is 458 g/mol. The van der Waals surface area contributed by atoms with E-state index in [4.69, 9.17) is 16.3 Å². The van der Waals surface area contributed by atoms with Crippen molar-refractivity contribution in [3.63, 3.8) is 0 Å². The predicted octanol–water partition coefficient (Wildman–Crippen LogP) is 2.79. The molecule has 174 valence electrons. The maximum Gasteiger partial charge on any atom is 0.348 e. The summed E-state index contributed by atoms with van der Waals surface area (Å²) in [5.41, 5.74) is 0.688. The minimum atomic E-state index is -1.17. The quantitative estimate of drug-likeness (QED) is 0.463. The van der Waals surface area contributed by atoms with Crippen molar-refractivity contribution in [2.45, 2.75) is 52.2 Å². The van der Waals surface area contributed by atoms with Gasteiger partial charge in [0.25, 0.3) is 5.91 Å². The summed E-state index contributed by atoms with van der Waals surface area (Å²) >= 11 is 7.02. The standard InChI is InChI=1S/C20H26ClN5O5S/c1-4-10-16(21)25-17(22-10)18(28)23-11-7-8-26(9-13(11)31-6-3)20-24-14(12(27)5-2)15(32-20)19(29)30/h11,13H,4-9H2,1-3H3,(H,22,25)(H,23,28)(H,29,30)/t11-,13+/m0/s1. The lowest BCUT2D eigenvalue weighted by Crippen LogP contribution is -2.55. The smallest absolute Gasteiger partial charge is 0.348 e. The number of carbonyl (C=O) groups is 3. The van der Waals surface area contributed by atoms with Gasteiger partial charge >= 0.3 is 5.97 Å². The summed E-state index contributed by atoms with van der Waals surface area (Å²) < 4.78 is 5.87. The Hall–Kier alpha value is -2.50. The number of anilines is 1. The van der Waals surface area contributed by atoms with Gasteiger partial charge in [-0.05, 0) is 19.8 Å². The highest BCUT2D eigenvalue weighted by Crippen LogP contribution is 2.30. The van der Waals surface area contributed by atoms with Crippen LogP contribution < -0.4 is 10.2 Å². The SMILES string of the molecule is CCO[C@@H]1CN(c2nc(C(=O)CC)c(C(=O)O)s2)CC[C@@H]1NC(=O)c1nc(Cl)c(CC)[nH]1. The van der Waals surface area contributed by atoms with E-state index in [-0.39, 0.29) is 51.8 Å². The second-order valence-electron chi connectivity index (χ2n) is 7.27. The number of nitrogens with zero attached hydrogens (tertiary/aromatic N) is 3. The lowest BCUT2D eigenvalue weighted by molar-refractivity contribution is 0.0271. The van der Waals surface area contributed by atoms with Gasteiger partial charge in [0, 0.05) is 26.1 Å². The van der Waals surface area contributed by atoms with Crippen molar-refractivity contribution in [2.24, 2.45) is 0 Å². The summed E-state index contributed by atoms with van der Waals surface area (Å²) in [5.74, 6) is -1.69. The number of nitrogens with one attached hydrogen (secondary N) is 2. The fourth-order valence-electron chi connectivity index (χ4n) is 3.55. The van der Waals surface area contributed by atoms with Gasteiger partial charge in [-0.3, -0.25) is 9.59 Å². The molecule has 0 radical (unpaired) electrons. The molecule has 12 heteroatoms. The van der Waals surface area contributed by atoms with Gasteiger partial charge in [-0.25, -0.2) is 14.8 Å². The van der Waals surface area contributed by atoms with E-state index in [9.17, 15) is 19.5 Å². The molecule has 0 aliphatic carbocycles. The molecule has 2 aromatic rings. The second-order valence-corrected chi connectivity index (χ2v) is 8.61. The molecule has 1 saturated heterocycles. The summed E-state index contributed by atoms with van der Waals surface area (Å²) in [7, 11) is 0. The van der Waals surface area contributed by atoms with E-state index < -0.39 is 5.97 Å². The van der Waals surface area contributed by atoms with Crippen molar-refractivity contribution in [1.29, 1.82) is 0 Å². The third kappa shape index (κ3) is 5.11. The van der Waals surface area contributed by atoms with E-state index >= 15 is 0 Å². The van der Waals surface area contributed by atoms with Crippen LogP contribution in [0.3, 0.4) is 0 Å². The molecule has 2 aromatic heterocycles. The lowest BCUT2D eigenvalue weighted by Gasteiger charge is -2.38. The van der Waals surface area contributed by atoms with E-state index in [1.807, 2.05) is 18.7 Å². The average Bonchev–Trinajstić information content (AvgIpc) is 3.38. The van der Waals surface area contributed by atoms with Gasteiger partial charge in [-0.15, -0.1) is 0 Å². The topological polar surface area (TPSA) is 138 Å². The van der Waals surface area contributed by atoms with E-state index in [1.165, 1.54) is 0 Å². The molecule has 3 rings (SSSR count). The Morgan fingerprint density at radius 3 is 2.66 bits per heavy atom. The largest absolute Gasteiger partial charge is 0.477 e. The number of hydrogen-bond donors (Lipinski definition) is 3. The molecule has 3 N–H and O–H groups in total. The monoisotopic (exact) mass is 483 g/mol. The Morgan fingerprint density at radius 2 is 2.06 bits per heavy atom. The second kappa shape index (κ2) is 10.4. The Labute approximate surface area is 194 Å². The first-order chi connectivity index (χ1) is 15.3. The summed E-state index contributed by atoms with van der Waals surface area (Å²) in [6, 6.07) is -0.275. The minimum absolute atomic E-state index is 0.00943. The molecule has 1 aliphatic rings. The number of aromatic carboxylic acids is 1. The number of thiazole rings is 1. The Morgan fingerprint density at radius 1 is 1.31 bits per heavy atom. The zero-order valence-electron chi connectivity index (χ0n) is 18.1. The number of aryl methyl sites for hydroxylation is 1. The molecule has 1 aliphatic heterocycles. The first-order valence-electron chi connectivity index (χ1n) is 10.5.